The van der Waals surface area contributed by atoms with Gasteiger partial charge in [-0.1, -0.05) is 48.5 Å². The zero-order chi connectivity index (χ0) is 23.0. The standard InChI is InChI=1S/C24H23FN2O4S/c1-2-16-26-32(29,30)20-14-12-19(13-15-20)24(28)27-22(18-8-4-3-5-9-18)17-31-23-11-7-6-10-21(23)25/h2-15,22,26H,1,16-17H2,(H,27,28)/t22-/m0/s1. The van der Waals surface area contributed by atoms with E-state index in [1.165, 1.54) is 42.5 Å². The van der Waals surface area contributed by atoms with Gasteiger partial charge in [-0.3, -0.25) is 4.79 Å². The molecule has 3 aromatic rings. The Bertz CT molecular complexity index is 1170. The second kappa shape index (κ2) is 10.7. The number of amides is 1. The van der Waals surface area contributed by atoms with Crippen LogP contribution in [-0.4, -0.2) is 27.5 Å². The molecule has 0 unspecified atom stereocenters. The average Bonchev–Trinajstić information content (AvgIpc) is 2.82. The van der Waals surface area contributed by atoms with E-state index in [0.717, 1.165) is 5.56 Å². The number of rotatable bonds is 10. The van der Waals surface area contributed by atoms with Gasteiger partial charge in [0.2, 0.25) is 10.0 Å². The number of carbonyl (C=O) groups excluding carboxylic acids is 1. The Kier molecular flexibility index (Phi) is 7.75. The summed E-state index contributed by atoms with van der Waals surface area (Å²) in [5.74, 6) is -0.823. The second-order valence-corrected chi connectivity index (χ2v) is 8.61. The van der Waals surface area contributed by atoms with E-state index in [2.05, 4.69) is 16.6 Å². The highest BCUT2D eigenvalue weighted by atomic mass is 32.2. The number of nitrogens with one attached hydrogen (secondary N) is 2. The van der Waals surface area contributed by atoms with Gasteiger partial charge >= 0.3 is 0 Å². The Morgan fingerprint density at radius 2 is 1.66 bits per heavy atom. The molecule has 1 amide bonds. The summed E-state index contributed by atoms with van der Waals surface area (Å²) in [6.07, 6.45) is 1.44. The van der Waals surface area contributed by atoms with Crippen LogP contribution in [0.1, 0.15) is 22.0 Å². The first kappa shape index (κ1) is 23.2. The normalized spacial score (nSPS) is 12.0. The molecule has 32 heavy (non-hydrogen) atoms. The third-order valence-electron chi connectivity index (χ3n) is 4.59. The van der Waals surface area contributed by atoms with Crippen LogP contribution in [0.4, 0.5) is 4.39 Å². The maximum absolute atomic E-state index is 13.9. The predicted molar refractivity (Wildman–Crippen MR) is 120 cm³/mol. The third kappa shape index (κ3) is 6.03. The summed E-state index contributed by atoms with van der Waals surface area (Å²) in [6.45, 7) is 3.59. The predicted octanol–water partition coefficient (Wildman–Crippen LogP) is 3.84. The summed E-state index contributed by atoms with van der Waals surface area (Å²) >= 11 is 0. The fourth-order valence-electron chi connectivity index (χ4n) is 2.92. The van der Waals surface area contributed by atoms with E-state index in [9.17, 15) is 17.6 Å². The molecule has 8 heteroatoms. The topological polar surface area (TPSA) is 84.5 Å². The molecular weight excluding hydrogens is 431 g/mol. The molecule has 6 nitrogen and oxygen atoms in total. The largest absolute Gasteiger partial charge is 0.488 e. The maximum atomic E-state index is 13.9. The zero-order valence-corrected chi connectivity index (χ0v) is 18.0. The first-order chi connectivity index (χ1) is 15.4. The van der Waals surface area contributed by atoms with Crippen molar-refractivity contribution in [1.29, 1.82) is 0 Å². The number of hydrogen-bond acceptors (Lipinski definition) is 4. The fourth-order valence-corrected chi connectivity index (χ4v) is 3.92. The molecule has 3 rings (SSSR count). The molecule has 2 N–H and O–H groups in total. The van der Waals surface area contributed by atoms with Gasteiger partial charge in [-0.05, 0) is 42.0 Å². The Morgan fingerprint density at radius 3 is 2.31 bits per heavy atom. The molecule has 0 saturated heterocycles. The van der Waals surface area contributed by atoms with E-state index in [0.29, 0.717) is 0 Å². The Balaban J connectivity index is 1.75. The SMILES string of the molecule is C=CCNS(=O)(=O)c1ccc(C(=O)N[C@@H](COc2ccccc2F)c2ccccc2)cc1. The van der Waals surface area contributed by atoms with E-state index >= 15 is 0 Å². The Labute approximate surface area is 186 Å². The summed E-state index contributed by atoms with van der Waals surface area (Å²) in [7, 11) is -3.68. The number of halogens is 1. The van der Waals surface area contributed by atoms with Crippen LogP contribution in [0, 0.1) is 5.82 Å². The summed E-state index contributed by atoms with van der Waals surface area (Å²) in [6, 6.07) is 20.2. The van der Waals surface area contributed by atoms with Gasteiger partial charge in [0, 0.05) is 12.1 Å². The molecule has 0 aliphatic heterocycles. The minimum atomic E-state index is -3.68. The molecule has 0 heterocycles. The quantitative estimate of drug-likeness (QED) is 0.456. The van der Waals surface area contributed by atoms with Gasteiger partial charge in [-0.25, -0.2) is 17.5 Å². The van der Waals surface area contributed by atoms with E-state index in [-0.39, 0.29) is 29.4 Å². The molecule has 0 spiro atoms. The number of para-hydroxylation sites is 1. The lowest BCUT2D eigenvalue weighted by Gasteiger charge is -2.20. The number of sulfonamides is 1. The number of benzene rings is 3. The van der Waals surface area contributed by atoms with Crippen LogP contribution in [0.2, 0.25) is 0 Å². The number of carbonyl (C=O) groups is 1. The average molecular weight is 455 g/mol. The lowest BCUT2D eigenvalue weighted by molar-refractivity contribution is 0.0920. The molecule has 0 aromatic heterocycles. The van der Waals surface area contributed by atoms with E-state index in [1.807, 2.05) is 30.3 Å². The first-order valence-corrected chi connectivity index (χ1v) is 11.3. The van der Waals surface area contributed by atoms with Crippen molar-refractivity contribution in [3.63, 3.8) is 0 Å². The smallest absolute Gasteiger partial charge is 0.251 e. The molecule has 0 fully saturated rings. The van der Waals surface area contributed by atoms with Crippen LogP contribution in [0.5, 0.6) is 5.75 Å². The van der Waals surface area contributed by atoms with Gasteiger partial charge in [0.05, 0.1) is 10.9 Å². The van der Waals surface area contributed by atoms with E-state index in [1.54, 1.807) is 12.1 Å². The zero-order valence-electron chi connectivity index (χ0n) is 17.2. The highest BCUT2D eigenvalue weighted by Crippen LogP contribution is 2.20. The molecule has 0 radical (unpaired) electrons. The molecule has 166 valence electrons. The minimum Gasteiger partial charge on any atom is -0.488 e. The van der Waals surface area contributed by atoms with Gasteiger partial charge in [0.25, 0.3) is 5.91 Å². The van der Waals surface area contributed by atoms with Crippen molar-refractivity contribution in [2.24, 2.45) is 0 Å². The van der Waals surface area contributed by atoms with Crippen LogP contribution >= 0.6 is 0 Å². The molecular formula is C24H23FN2O4S. The van der Waals surface area contributed by atoms with Crippen LogP contribution in [0.3, 0.4) is 0 Å². The van der Waals surface area contributed by atoms with Crippen molar-refractivity contribution < 1.29 is 22.3 Å². The molecule has 0 bridgehead atoms. The molecule has 0 aliphatic rings. The summed E-state index contributed by atoms with van der Waals surface area (Å²) in [5.41, 5.74) is 1.06. The summed E-state index contributed by atoms with van der Waals surface area (Å²) in [4.78, 5) is 12.9. The Morgan fingerprint density at radius 1 is 1.00 bits per heavy atom. The van der Waals surface area contributed by atoms with Crippen molar-refractivity contribution in [2.75, 3.05) is 13.2 Å². The van der Waals surface area contributed by atoms with Gasteiger partial charge in [0.15, 0.2) is 11.6 Å². The number of ether oxygens (including phenoxy) is 1. The maximum Gasteiger partial charge on any atom is 0.251 e. The van der Waals surface area contributed by atoms with Crippen molar-refractivity contribution in [3.05, 3.63) is 108 Å². The second-order valence-electron chi connectivity index (χ2n) is 6.84. The van der Waals surface area contributed by atoms with Crippen molar-refractivity contribution >= 4 is 15.9 Å². The minimum absolute atomic E-state index is 0.00855. The van der Waals surface area contributed by atoms with Crippen LogP contribution in [0.25, 0.3) is 0 Å². The molecule has 0 saturated carbocycles. The monoisotopic (exact) mass is 454 g/mol. The lowest BCUT2D eigenvalue weighted by atomic mass is 10.1. The van der Waals surface area contributed by atoms with Gasteiger partial charge in [0.1, 0.15) is 6.61 Å². The summed E-state index contributed by atoms with van der Waals surface area (Å²) < 4.78 is 46.2. The highest BCUT2D eigenvalue weighted by Gasteiger charge is 2.19. The first-order valence-electron chi connectivity index (χ1n) is 9.84. The van der Waals surface area contributed by atoms with E-state index < -0.39 is 27.8 Å². The van der Waals surface area contributed by atoms with Crippen LogP contribution < -0.4 is 14.8 Å². The van der Waals surface area contributed by atoms with Gasteiger partial charge in [-0.15, -0.1) is 6.58 Å². The lowest BCUT2D eigenvalue weighted by Crippen LogP contribution is -2.32. The van der Waals surface area contributed by atoms with Gasteiger partial charge in [-0.2, -0.15) is 0 Å². The number of hydrogen-bond donors (Lipinski definition) is 2. The van der Waals surface area contributed by atoms with E-state index in [4.69, 9.17) is 4.74 Å². The Hall–Kier alpha value is -3.49. The third-order valence-corrected chi connectivity index (χ3v) is 6.03. The van der Waals surface area contributed by atoms with Crippen LogP contribution in [0.15, 0.2) is 96.4 Å². The summed E-state index contributed by atoms with van der Waals surface area (Å²) in [5, 5.41) is 2.87. The van der Waals surface area contributed by atoms with Gasteiger partial charge < -0.3 is 10.1 Å². The molecule has 0 aliphatic carbocycles. The van der Waals surface area contributed by atoms with Crippen molar-refractivity contribution in [1.82, 2.24) is 10.0 Å². The van der Waals surface area contributed by atoms with Crippen molar-refractivity contribution in [3.8, 4) is 5.75 Å². The highest BCUT2D eigenvalue weighted by molar-refractivity contribution is 7.89. The van der Waals surface area contributed by atoms with Crippen molar-refractivity contribution in [2.45, 2.75) is 10.9 Å². The molecule has 3 aromatic carbocycles. The fraction of sp³-hybridized carbons (Fsp3) is 0.125. The van der Waals surface area contributed by atoms with Crippen LogP contribution in [-0.2, 0) is 10.0 Å². The molecule has 1 atom stereocenters.